The lowest BCUT2D eigenvalue weighted by atomic mass is 9.94. The monoisotopic (exact) mass is 284 g/mol. The summed E-state index contributed by atoms with van der Waals surface area (Å²) in [6, 6.07) is 3.34. The summed E-state index contributed by atoms with van der Waals surface area (Å²) in [4.78, 5) is 12.2. The number of hydrogen-bond acceptors (Lipinski definition) is 3. The first kappa shape index (κ1) is 15.8. The van der Waals surface area contributed by atoms with Gasteiger partial charge in [-0.05, 0) is 18.1 Å². The molecule has 0 heterocycles. The van der Waals surface area contributed by atoms with Gasteiger partial charge in [-0.3, -0.25) is 4.79 Å². The zero-order valence-corrected chi connectivity index (χ0v) is 12.7. The van der Waals surface area contributed by atoms with E-state index in [0.29, 0.717) is 34.4 Å². The molecule has 0 spiro atoms. The van der Waals surface area contributed by atoms with Gasteiger partial charge in [-0.15, -0.1) is 0 Å². The van der Waals surface area contributed by atoms with Crippen molar-refractivity contribution in [1.29, 1.82) is 0 Å². The van der Waals surface area contributed by atoms with Crippen LogP contribution < -0.4 is 9.47 Å². The van der Waals surface area contributed by atoms with Crippen LogP contribution in [-0.2, 0) is 0 Å². The lowest BCUT2D eigenvalue weighted by Gasteiger charge is -2.14. The molecule has 0 saturated heterocycles. The van der Waals surface area contributed by atoms with Gasteiger partial charge >= 0.3 is 0 Å². The van der Waals surface area contributed by atoms with Crippen LogP contribution in [0.15, 0.2) is 12.1 Å². The molecule has 106 valence electrons. The van der Waals surface area contributed by atoms with E-state index in [2.05, 4.69) is 13.8 Å². The van der Waals surface area contributed by atoms with Crippen LogP contribution in [0.3, 0.4) is 0 Å². The highest BCUT2D eigenvalue weighted by Crippen LogP contribution is 2.36. The average molecular weight is 285 g/mol. The minimum atomic E-state index is 0.0940. The van der Waals surface area contributed by atoms with Gasteiger partial charge in [0.1, 0.15) is 0 Å². The molecule has 0 N–H and O–H groups in total. The molecule has 0 radical (unpaired) electrons. The van der Waals surface area contributed by atoms with Crippen LogP contribution in [0.25, 0.3) is 0 Å². The fourth-order valence-corrected chi connectivity index (χ4v) is 2.32. The van der Waals surface area contributed by atoms with Crippen LogP contribution in [0.2, 0.25) is 5.02 Å². The molecule has 0 bridgehead atoms. The Morgan fingerprint density at radius 2 is 1.84 bits per heavy atom. The van der Waals surface area contributed by atoms with E-state index >= 15 is 0 Å². The molecule has 0 aromatic heterocycles. The largest absolute Gasteiger partial charge is 0.493 e. The molecule has 3 nitrogen and oxygen atoms in total. The van der Waals surface area contributed by atoms with Crippen molar-refractivity contribution < 1.29 is 14.3 Å². The van der Waals surface area contributed by atoms with E-state index in [1.807, 2.05) is 0 Å². The van der Waals surface area contributed by atoms with Gasteiger partial charge < -0.3 is 9.47 Å². The van der Waals surface area contributed by atoms with Gasteiger partial charge in [0.2, 0.25) is 0 Å². The molecule has 0 unspecified atom stereocenters. The van der Waals surface area contributed by atoms with Crippen molar-refractivity contribution in [1.82, 2.24) is 0 Å². The van der Waals surface area contributed by atoms with Crippen LogP contribution in [0.4, 0.5) is 0 Å². The topological polar surface area (TPSA) is 35.5 Å². The molecule has 1 rings (SSSR count). The lowest BCUT2D eigenvalue weighted by Crippen LogP contribution is -2.08. The van der Waals surface area contributed by atoms with Gasteiger partial charge in [-0.1, -0.05) is 38.3 Å². The second kappa shape index (κ2) is 7.39. The predicted octanol–water partition coefficient (Wildman–Crippen LogP) is 4.37. The molecular formula is C15H21ClO3. The Bertz CT molecular complexity index is 439. The molecule has 19 heavy (non-hydrogen) atoms. The highest BCUT2D eigenvalue weighted by atomic mass is 35.5. The smallest absolute Gasteiger partial charge is 0.179 e. The zero-order chi connectivity index (χ0) is 14.4. The van der Waals surface area contributed by atoms with Crippen molar-refractivity contribution in [3.05, 3.63) is 22.7 Å². The van der Waals surface area contributed by atoms with Gasteiger partial charge in [0, 0.05) is 12.0 Å². The Kier molecular flexibility index (Phi) is 6.16. The van der Waals surface area contributed by atoms with Crippen molar-refractivity contribution in [2.45, 2.75) is 33.1 Å². The number of ether oxygens (including phenoxy) is 2. The maximum atomic E-state index is 12.2. The van der Waals surface area contributed by atoms with Crippen LogP contribution >= 0.6 is 11.6 Å². The molecular weight excluding hydrogens is 264 g/mol. The predicted molar refractivity (Wildman–Crippen MR) is 77.6 cm³/mol. The number of halogens is 1. The fourth-order valence-electron chi connectivity index (χ4n) is 2.04. The summed E-state index contributed by atoms with van der Waals surface area (Å²) >= 11 is 6.10. The molecule has 0 amide bonds. The normalized spacial score (nSPS) is 10.6. The highest BCUT2D eigenvalue weighted by molar-refractivity contribution is 6.32. The summed E-state index contributed by atoms with van der Waals surface area (Å²) in [6.07, 6.45) is 2.55. The van der Waals surface area contributed by atoms with Crippen LogP contribution in [-0.4, -0.2) is 20.0 Å². The van der Waals surface area contributed by atoms with E-state index in [1.54, 1.807) is 12.1 Å². The third-order valence-corrected chi connectivity index (χ3v) is 3.67. The molecule has 0 aliphatic carbocycles. The van der Waals surface area contributed by atoms with Gasteiger partial charge in [0.05, 0.1) is 19.2 Å². The summed E-state index contributed by atoms with van der Waals surface area (Å²) in [7, 11) is 3.05. The standard InChI is InChI=1S/C15H21ClO3/c1-5-10(6-2)7-13(17)11-8-12(16)15(19-4)14(9-11)18-3/h8-10H,5-7H2,1-4H3. The van der Waals surface area contributed by atoms with Gasteiger partial charge in [-0.2, -0.15) is 0 Å². The molecule has 4 heteroatoms. The summed E-state index contributed by atoms with van der Waals surface area (Å²) in [5.41, 5.74) is 0.578. The van der Waals surface area contributed by atoms with Gasteiger partial charge in [0.15, 0.2) is 17.3 Å². The average Bonchev–Trinajstić information content (AvgIpc) is 2.43. The SMILES string of the molecule is CCC(CC)CC(=O)c1cc(Cl)c(OC)c(OC)c1. The van der Waals surface area contributed by atoms with Crippen LogP contribution in [0, 0.1) is 5.92 Å². The van der Waals surface area contributed by atoms with Crippen molar-refractivity contribution in [3.8, 4) is 11.5 Å². The first-order chi connectivity index (χ1) is 9.07. The van der Waals surface area contributed by atoms with E-state index in [4.69, 9.17) is 21.1 Å². The Labute approximate surface area is 119 Å². The summed E-state index contributed by atoms with van der Waals surface area (Å²) in [6.45, 7) is 4.20. The highest BCUT2D eigenvalue weighted by Gasteiger charge is 2.17. The minimum absolute atomic E-state index is 0.0940. The zero-order valence-electron chi connectivity index (χ0n) is 12.0. The maximum Gasteiger partial charge on any atom is 0.179 e. The van der Waals surface area contributed by atoms with E-state index in [9.17, 15) is 4.79 Å². The quantitative estimate of drug-likeness (QED) is 0.698. The molecule has 1 aromatic rings. The van der Waals surface area contributed by atoms with Gasteiger partial charge in [0.25, 0.3) is 0 Å². The number of hydrogen-bond donors (Lipinski definition) is 0. The van der Waals surface area contributed by atoms with E-state index in [1.165, 1.54) is 14.2 Å². The Balaban J connectivity index is 3.01. The summed E-state index contributed by atoms with van der Waals surface area (Å²) in [5.74, 6) is 1.46. The number of benzene rings is 1. The fraction of sp³-hybridized carbons (Fsp3) is 0.533. The maximum absolute atomic E-state index is 12.2. The number of Topliss-reactive ketones (excluding diaryl/α,β-unsaturated/α-hetero) is 1. The lowest BCUT2D eigenvalue weighted by molar-refractivity contribution is 0.0958. The Morgan fingerprint density at radius 1 is 1.21 bits per heavy atom. The first-order valence-electron chi connectivity index (χ1n) is 6.52. The molecule has 0 saturated carbocycles. The van der Waals surface area contributed by atoms with Crippen molar-refractivity contribution in [3.63, 3.8) is 0 Å². The Hall–Kier alpha value is -1.22. The number of rotatable bonds is 7. The van der Waals surface area contributed by atoms with Crippen molar-refractivity contribution in [2.75, 3.05) is 14.2 Å². The molecule has 0 atom stereocenters. The number of carbonyl (C=O) groups excluding carboxylic acids is 1. The summed E-state index contributed by atoms with van der Waals surface area (Å²) < 4.78 is 10.4. The molecule has 0 fully saturated rings. The van der Waals surface area contributed by atoms with Crippen molar-refractivity contribution >= 4 is 17.4 Å². The van der Waals surface area contributed by atoms with E-state index in [-0.39, 0.29) is 5.78 Å². The third kappa shape index (κ3) is 3.87. The molecule has 0 aliphatic heterocycles. The number of ketones is 1. The second-order valence-corrected chi connectivity index (χ2v) is 4.91. The van der Waals surface area contributed by atoms with Crippen LogP contribution in [0.1, 0.15) is 43.5 Å². The Morgan fingerprint density at radius 3 is 2.32 bits per heavy atom. The summed E-state index contributed by atoms with van der Waals surface area (Å²) in [5, 5.41) is 0.398. The van der Waals surface area contributed by atoms with Crippen LogP contribution in [0.5, 0.6) is 11.5 Å². The molecule has 1 aromatic carbocycles. The second-order valence-electron chi connectivity index (χ2n) is 4.50. The van der Waals surface area contributed by atoms with Gasteiger partial charge in [-0.25, -0.2) is 0 Å². The molecule has 0 aliphatic rings. The first-order valence-corrected chi connectivity index (χ1v) is 6.89. The number of methoxy groups -OCH3 is 2. The number of carbonyl (C=O) groups is 1. The van der Waals surface area contributed by atoms with Crippen molar-refractivity contribution in [2.24, 2.45) is 5.92 Å². The minimum Gasteiger partial charge on any atom is -0.493 e. The van der Waals surface area contributed by atoms with E-state index < -0.39 is 0 Å². The third-order valence-electron chi connectivity index (χ3n) is 3.38. The van der Waals surface area contributed by atoms with E-state index in [0.717, 1.165) is 12.8 Å².